The number of hydrogen-bond donors (Lipinski definition) is 2. The molecule has 2 saturated heterocycles. The van der Waals surface area contributed by atoms with Gasteiger partial charge < -0.3 is 20.3 Å². The Bertz CT molecular complexity index is 1290. The average molecular weight is 463 g/mol. The monoisotopic (exact) mass is 462 g/mol. The molecular weight excluding hydrogens is 436 g/mol. The van der Waals surface area contributed by atoms with Gasteiger partial charge in [-0.3, -0.25) is 19.4 Å². The summed E-state index contributed by atoms with van der Waals surface area (Å²) in [7, 11) is 2.91. The van der Waals surface area contributed by atoms with Gasteiger partial charge in [-0.05, 0) is 31.4 Å². The fraction of sp³-hybridized carbons (Fsp3) is 0.480. The van der Waals surface area contributed by atoms with E-state index in [1.54, 1.807) is 6.92 Å². The number of piperazine rings is 1. The van der Waals surface area contributed by atoms with E-state index in [0.717, 1.165) is 16.7 Å². The summed E-state index contributed by atoms with van der Waals surface area (Å²) in [4.78, 5) is 31.0. The molecule has 0 aromatic heterocycles. The minimum absolute atomic E-state index is 0.00186. The summed E-state index contributed by atoms with van der Waals surface area (Å²) in [6.07, 6.45) is 0.290. The van der Waals surface area contributed by atoms with E-state index in [-0.39, 0.29) is 59.4 Å². The number of phenols is 1. The second-order valence-corrected chi connectivity index (χ2v) is 9.66. The Labute approximate surface area is 197 Å². The first kappa shape index (κ1) is 21.4. The van der Waals surface area contributed by atoms with Crippen LogP contribution in [0.2, 0.25) is 0 Å². The molecular formula is C25H26N4O5. The predicted molar refractivity (Wildman–Crippen MR) is 120 cm³/mol. The van der Waals surface area contributed by atoms with Crippen LogP contribution in [-0.2, 0) is 14.3 Å². The van der Waals surface area contributed by atoms with Gasteiger partial charge in [-0.2, -0.15) is 5.26 Å². The van der Waals surface area contributed by atoms with Gasteiger partial charge in [0.25, 0.3) is 0 Å². The van der Waals surface area contributed by atoms with Crippen molar-refractivity contribution in [3.63, 3.8) is 0 Å². The maximum atomic E-state index is 13.4. The zero-order valence-corrected chi connectivity index (χ0v) is 19.5. The van der Waals surface area contributed by atoms with E-state index >= 15 is 0 Å². The number of ether oxygens (including phenoxy) is 2. The number of methoxy groups -OCH3 is 2. The van der Waals surface area contributed by atoms with Crippen LogP contribution >= 0.6 is 0 Å². The second-order valence-electron chi connectivity index (χ2n) is 9.66. The highest BCUT2D eigenvalue weighted by atomic mass is 16.5. The van der Waals surface area contributed by atoms with Crippen LogP contribution in [0.3, 0.4) is 0 Å². The number of aryl methyl sites for hydroxylation is 1. The number of allylic oxidation sites excluding steroid dienone is 2. The van der Waals surface area contributed by atoms with Gasteiger partial charge in [-0.15, -0.1) is 0 Å². The van der Waals surface area contributed by atoms with E-state index in [1.807, 2.05) is 17.9 Å². The zero-order chi connectivity index (χ0) is 24.2. The summed E-state index contributed by atoms with van der Waals surface area (Å²) in [5, 5.41) is 21.4. The lowest BCUT2D eigenvalue weighted by Gasteiger charge is -2.52. The lowest BCUT2D eigenvalue weighted by molar-refractivity contribution is -0.121. The number of Topliss-reactive ketones (excluding diaryl/α,β-unsaturated/α-hetero) is 2. The fourth-order valence-corrected chi connectivity index (χ4v) is 7.09. The van der Waals surface area contributed by atoms with Crippen LogP contribution in [0.1, 0.15) is 42.1 Å². The quantitative estimate of drug-likeness (QED) is 0.502. The molecule has 9 nitrogen and oxygen atoms in total. The molecule has 5 aliphatic rings. The molecule has 0 amide bonds. The van der Waals surface area contributed by atoms with E-state index in [2.05, 4.69) is 11.0 Å². The number of ketones is 2. The van der Waals surface area contributed by atoms with Crippen molar-refractivity contribution >= 4 is 11.6 Å². The predicted octanol–water partition coefficient (Wildman–Crippen LogP) is 1.17. The first-order valence-corrected chi connectivity index (χ1v) is 11.4. The van der Waals surface area contributed by atoms with Crippen molar-refractivity contribution in [3.05, 3.63) is 45.2 Å². The molecule has 176 valence electrons. The van der Waals surface area contributed by atoms with Crippen molar-refractivity contribution in [1.82, 2.24) is 9.80 Å². The Kier molecular flexibility index (Phi) is 4.34. The van der Waals surface area contributed by atoms with Gasteiger partial charge in [0.1, 0.15) is 6.04 Å². The fourth-order valence-electron chi connectivity index (χ4n) is 7.09. The van der Waals surface area contributed by atoms with Gasteiger partial charge in [0.05, 0.1) is 44.5 Å². The molecule has 3 N–H and O–H groups in total. The van der Waals surface area contributed by atoms with Gasteiger partial charge in [0, 0.05) is 34.9 Å². The Morgan fingerprint density at radius 1 is 1.18 bits per heavy atom. The van der Waals surface area contributed by atoms with E-state index in [4.69, 9.17) is 15.2 Å². The Morgan fingerprint density at radius 3 is 2.53 bits per heavy atom. The molecule has 0 radical (unpaired) electrons. The van der Waals surface area contributed by atoms with Gasteiger partial charge in [-0.1, -0.05) is 6.07 Å². The van der Waals surface area contributed by atoms with Crippen LogP contribution in [-0.4, -0.2) is 71.4 Å². The molecule has 7 atom stereocenters. The van der Waals surface area contributed by atoms with Crippen molar-refractivity contribution in [2.45, 2.75) is 56.5 Å². The van der Waals surface area contributed by atoms with Crippen LogP contribution in [0.5, 0.6) is 11.5 Å². The number of phenolic OH excluding ortho intramolecular Hbond substituents is 1. The second kappa shape index (κ2) is 6.92. The van der Waals surface area contributed by atoms with Crippen molar-refractivity contribution in [1.29, 1.82) is 5.26 Å². The summed E-state index contributed by atoms with van der Waals surface area (Å²) in [5.74, 6) is 0.0430. The van der Waals surface area contributed by atoms with Crippen molar-refractivity contribution in [3.8, 4) is 17.6 Å². The number of fused-ring (bicyclic) bond motifs is 6. The number of aromatic hydroxyl groups is 1. The van der Waals surface area contributed by atoms with Crippen molar-refractivity contribution in [2.75, 3.05) is 20.8 Å². The summed E-state index contributed by atoms with van der Waals surface area (Å²) < 4.78 is 10.8. The maximum Gasteiger partial charge on any atom is 0.225 e. The van der Waals surface area contributed by atoms with E-state index in [1.165, 1.54) is 14.2 Å². The highest BCUT2D eigenvalue weighted by Crippen LogP contribution is 2.68. The topological polar surface area (TPSA) is 129 Å². The van der Waals surface area contributed by atoms with Crippen LogP contribution in [0, 0.1) is 18.3 Å². The highest BCUT2D eigenvalue weighted by Gasteiger charge is 2.71. The molecule has 9 heteroatoms. The molecule has 1 aromatic carbocycles. The largest absolute Gasteiger partial charge is 0.504 e. The zero-order valence-electron chi connectivity index (χ0n) is 19.5. The lowest BCUT2D eigenvalue weighted by Crippen LogP contribution is -2.64. The normalized spacial score (nSPS) is 35.4. The van der Waals surface area contributed by atoms with E-state index in [9.17, 15) is 20.0 Å². The van der Waals surface area contributed by atoms with E-state index < -0.39 is 12.1 Å². The number of hydrogen-bond acceptors (Lipinski definition) is 9. The molecule has 2 fully saturated rings. The van der Waals surface area contributed by atoms with Gasteiger partial charge in [0.15, 0.2) is 23.0 Å². The minimum atomic E-state index is -0.588. The number of carbonyl (C=O) groups is 2. The third-order valence-electron chi connectivity index (χ3n) is 8.34. The van der Waals surface area contributed by atoms with Gasteiger partial charge in [-0.25, -0.2) is 0 Å². The summed E-state index contributed by atoms with van der Waals surface area (Å²) >= 11 is 0. The molecule has 6 rings (SSSR count). The molecule has 0 bridgehead atoms. The standard InChI is InChI=1S/C25H26N4O5/c1-9-5-11-17(23(32)24(9)33-3)19-13-6-12-16(22(31)25(34-4)10(2)21(12)30)14(7-26)28(13)15(8-27)20-18(11)29(19)20/h5,13-15,18-20,32H,6-7,26H2,1-4H3/t13?,14-,15-,18?,19?,20+,29?/m0/s1. The van der Waals surface area contributed by atoms with Crippen LogP contribution in [0.15, 0.2) is 28.5 Å². The smallest absolute Gasteiger partial charge is 0.225 e. The number of rotatable bonds is 3. The Hall–Kier alpha value is -3.19. The molecule has 0 spiro atoms. The molecule has 4 heterocycles. The molecule has 4 aliphatic heterocycles. The SMILES string of the molecule is COC1=C(C)C(=O)C2=C(C1=O)[C@H](CN)N1C(C2)C2c3c(cc(C)c(OC)c3O)C3[C@@H]([C@@H]1C#N)N23. The highest BCUT2D eigenvalue weighted by molar-refractivity contribution is 6.25. The first-order chi connectivity index (χ1) is 16.3. The summed E-state index contributed by atoms with van der Waals surface area (Å²) in [6, 6.07) is 2.83. The minimum Gasteiger partial charge on any atom is -0.504 e. The van der Waals surface area contributed by atoms with Gasteiger partial charge in [0.2, 0.25) is 5.78 Å². The number of nitrogens with zero attached hydrogens (tertiary/aromatic N) is 3. The maximum absolute atomic E-state index is 13.4. The molecule has 0 saturated carbocycles. The molecule has 4 unspecified atom stereocenters. The summed E-state index contributed by atoms with van der Waals surface area (Å²) in [5.41, 5.74) is 9.94. The number of nitriles is 1. The third-order valence-corrected chi connectivity index (χ3v) is 8.34. The van der Waals surface area contributed by atoms with Crippen molar-refractivity contribution < 1.29 is 24.2 Å². The van der Waals surface area contributed by atoms with Gasteiger partial charge >= 0.3 is 0 Å². The van der Waals surface area contributed by atoms with Crippen LogP contribution < -0.4 is 10.5 Å². The molecule has 1 aliphatic carbocycles. The number of carbonyl (C=O) groups excluding carboxylic acids is 2. The number of benzene rings is 1. The van der Waals surface area contributed by atoms with Crippen LogP contribution in [0.4, 0.5) is 0 Å². The Balaban J connectivity index is 1.55. The van der Waals surface area contributed by atoms with E-state index in [0.29, 0.717) is 23.3 Å². The van der Waals surface area contributed by atoms with Crippen LogP contribution in [0.25, 0.3) is 0 Å². The Morgan fingerprint density at radius 2 is 1.91 bits per heavy atom. The molecule has 1 aromatic rings. The summed E-state index contributed by atoms with van der Waals surface area (Å²) in [6.45, 7) is 3.58. The first-order valence-electron chi connectivity index (χ1n) is 11.4. The molecule has 34 heavy (non-hydrogen) atoms. The average Bonchev–Trinajstić information content (AvgIpc) is 3.45. The number of nitrogens with two attached hydrogens (primary N) is 1. The van der Waals surface area contributed by atoms with Crippen molar-refractivity contribution in [2.24, 2.45) is 5.73 Å². The third kappa shape index (κ3) is 2.28. The lowest BCUT2D eigenvalue weighted by atomic mass is 9.73.